The van der Waals surface area contributed by atoms with E-state index in [4.69, 9.17) is 24.4 Å². The molecule has 21 nitrogen and oxygen atoms in total. The first-order valence-corrected chi connectivity index (χ1v) is 13.7. The summed E-state index contributed by atoms with van der Waals surface area (Å²) in [4.78, 5) is 105. The van der Waals surface area contributed by atoms with Crippen LogP contribution in [0.15, 0.2) is 11.1 Å². The van der Waals surface area contributed by atoms with Crippen molar-refractivity contribution in [2.45, 2.75) is 51.5 Å². The molecule has 250 valence electrons. The highest BCUT2D eigenvalue weighted by Gasteiger charge is 2.40. The second-order valence-corrected chi connectivity index (χ2v) is 10.1. The van der Waals surface area contributed by atoms with E-state index in [1.807, 2.05) is 0 Å². The highest BCUT2D eigenvalue weighted by molar-refractivity contribution is 5.91. The molecule has 21 heteroatoms. The number of aromatic amines is 1. The Bertz CT molecular complexity index is 1550. The number of anilines is 1. The van der Waals surface area contributed by atoms with Crippen molar-refractivity contribution in [3.63, 3.8) is 0 Å². The molecule has 3 rings (SSSR count). The van der Waals surface area contributed by atoms with Crippen molar-refractivity contribution in [1.29, 1.82) is 0 Å². The Hall–Kier alpha value is -5.60. The number of esters is 1. The molecule has 1 unspecified atom stereocenters. The van der Waals surface area contributed by atoms with Gasteiger partial charge in [-0.1, -0.05) is 13.8 Å². The molecular formula is C25H32N8O13. The van der Waals surface area contributed by atoms with Crippen molar-refractivity contribution in [1.82, 2.24) is 35.5 Å². The largest absolute Gasteiger partial charge is 0.480 e. The lowest BCUT2D eigenvalue weighted by molar-refractivity contribution is -0.151. The number of amides is 4. The molecule has 0 aliphatic carbocycles. The zero-order valence-electron chi connectivity index (χ0n) is 24.6. The zero-order valence-corrected chi connectivity index (χ0v) is 24.6. The minimum atomic E-state index is -1.29. The molecule has 3 atom stereocenters. The summed E-state index contributed by atoms with van der Waals surface area (Å²) in [5.74, 6) is -5.88. The van der Waals surface area contributed by atoms with Crippen molar-refractivity contribution in [2.24, 2.45) is 5.92 Å². The molecule has 7 N–H and O–H groups in total. The Balaban J connectivity index is 1.73. The standard InChI is InChI=1S/C25H32N8O13/c1-11(2)22(41)31-24-30-21-20(23(42)32-24)29-10-33(21)16-5-12(46-25(43)28-6-15(35)27-8-18(38)39)13(45-16)9-44-19(40)4-3-14(34)26-7-17(36)37/h10-13,16H,3-9H2,1-2H3,(H,26,34)(H,27,35)(H,28,43)(H,36,37)(H,38,39)(H2,30,31,32,41,42)/t12?,13-,16-/m1/s1. The number of fused-ring (bicyclic) bond motifs is 1. The van der Waals surface area contributed by atoms with Gasteiger partial charge in [-0.15, -0.1) is 0 Å². The Labute approximate surface area is 258 Å². The average Bonchev–Trinajstić information content (AvgIpc) is 3.59. The van der Waals surface area contributed by atoms with Crippen LogP contribution >= 0.6 is 0 Å². The first-order valence-electron chi connectivity index (χ1n) is 13.7. The minimum Gasteiger partial charge on any atom is -0.480 e. The van der Waals surface area contributed by atoms with Crippen LogP contribution in [0.4, 0.5) is 10.7 Å². The number of H-pyrrole nitrogens is 1. The number of alkyl carbamates (subject to hydrolysis) is 1. The fourth-order valence-corrected chi connectivity index (χ4v) is 3.90. The van der Waals surface area contributed by atoms with Gasteiger partial charge in [0, 0.05) is 18.8 Å². The van der Waals surface area contributed by atoms with Crippen LogP contribution in [-0.2, 0) is 43.0 Å². The van der Waals surface area contributed by atoms with Gasteiger partial charge in [-0.05, 0) is 0 Å². The molecule has 2 aromatic heterocycles. The number of hydrogen-bond donors (Lipinski definition) is 7. The molecule has 1 saturated heterocycles. The summed E-state index contributed by atoms with van der Waals surface area (Å²) in [6.07, 6.45) is -3.91. The number of aliphatic carboxylic acids is 2. The number of imidazole rings is 1. The van der Waals surface area contributed by atoms with Gasteiger partial charge in [-0.25, -0.2) is 9.78 Å². The average molecular weight is 653 g/mol. The lowest BCUT2D eigenvalue weighted by atomic mass is 10.2. The smallest absolute Gasteiger partial charge is 0.407 e. The normalized spacial score (nSPS) is 17.2. The highest BCUT2D eigenvalue weighted by Crippen LogP contribution is 2.33. The van der Waals surface area contributed by atoms with Crippen molar-refractivity contribution in [3.8, 4) is 0 Å². The maximum atomic E-state index is 12.6. The number of aromatic nitrogens is 4. The molecule has 0 spiro atoms. The summed E-state index contributed by atoms with van der Waals surface area (Å²) in [5, 5.41) is 26.1. The number of nitrogens with one attached hydrogen (secondary N) is 5. The van der Waals surface area contributed by atoms with E-state index < -0.39 is 104 Å². The van der Waals surface area contributed by atoms with E-state index in [0.29, 0.717) is 0 Å². The third-order valence-corrected chi connectivity index (χ3v) is 6.18. The summed E-state index contributed by atoms with van der Waals surface area (Å²) in [7, 11) is 0. The van der Waals surface area contributed by atoms with Crippen LogP contribution in [-0.4, -0.2) is 110 Å². The maximum absolute atomic E-state index is 12.6. The van der Waals surface area contributed by atoms with Crippen molar-refractivity contribution >= 4 is 58.8 Å². The lowest BCUT2D eigenvalue weighted by Crippen LogP contribution is -2.41. The number of carbonyl (C=O) groups is 7. The molecule has 1 aliphatic rings. The molecule has 3 heterocycles. The van der Waals surface area contributed by atoms with E-state index in [1.54, 1.807) is 13.8 Å². The van der Waals surface area contributed by atoms with Crippen molar-refractivity contribution in [3.05, 3.63) is 16.7 Å². The van der Waals surface area contributed by atoms with Gasteiger partial charge >= 0.3 is 24.0 Å². The number of rotatable bonds is 15. The van der Waals surface area contributed by atoms with Gasteiger partial charge in [0.25, 0.3) is 5.56 Å². The summed E-state index contributed by atoms with van der Waals surface area (Å²) >= 11 is 0. The topological polar surface area (TPSA) is 299 Å². The van der Waals surface area contributed by atoms with Crippen LogP contribution in [0.3, 0.4) is 0 Å². The van der Waals surface area contributed by atoms with Crippen LogP contribution in [0.2, 0.25) is 0 Å². The monoisotopic (exact) mass is 652 g/mol. The number of carbonyl (C=O) groups excluding carboxylic acids is 5. The third kappa shape index (κ3) is 10.2. The van der Waals surface area contributed by atoms with Crippen molar-refractivity contribution < 1.29 is 58.0 Å². The Morgan fingerprint density at radius 3 is 2.35 bits per heavy atom. The predicted molar refractivity (Wildman–Crippen MR) is 150 cm³/mol. The van der Waals surface area contributed by atoms with Crippen LogP contribution in [0, 0.1) is 5.92 Å². The number of ether oxygens (including phenoxy) is 3. The van der Waals surface area contributed by atoms with Gasteiger partial charge < -0.3 is 40.4 Å². The first kappa shape index (κ1) is 34.9. The molecule has 4 amide bonds. The van der Waals surface area contributed by atoms with E-state index in [9.17, 15) is 38.4 Å². The van der Waals surface area contributed by atoms with E-state index in [1.165, 1.54) is 10.9 Å². The van der Waals surface area contributed by atoms with Gasteiger partial charge in [-0.2, -0.15) is 4.98 Å². The molecule has 0 bridgehead atoms. The van der Waals surface area contributed by atoms with Gasteiger partial charge in [0.15, 0.2) is 11.2 Å². The quantitative estimate of drug-likeness (QED) is 0.101. The van der Waals surface area contributed by atoms with E-state index >= 15 is 0 Å². The van der Waals surface area contributed by atoms with Gasteiger partial charge in [0.2, 0.25) is 23.7 Å². The highest BCUT2D eigenvalue weighted by atomic mass is 16.6. The molecule has 0 radical (unpaired) electrons. The van der Waals surface area contributed by atoms with Crippen LogP contribution in [0.5, 0.6) is 0 Å². The molecule has 2 aromatic rings. The Morgan fingerprint density at radius 1 is 1.02 bits per heavy atom. The van der Waals surface area contributed by atoms with Crippen molar-refractivity contribution in [2.75, 3.05) is 31.6 Å². The first-order chi connectivity index (χ1) is 21.7. The summed E-state index contributed by atoms with van der Waals surface area (Å²) < 4.78 is 17.9. The summed E-state index contributed by atoms with van der Waals surface area (Å²) in [6, 6.07) is 0. The lowest BCUT2D eigenvalue weighted by Gasteiger charge is -2.19. The number of nitrogens with zero attached hydrogens (tertiary/aromatic N) is 3. The Morgan fingerprint density at radius 2 is 1.70 bits per heavy atom. The number of carboxylic acid groups (broad SMARTS) is 2. The van der Waals surface area contributed by atoms with E-state index in [-0.39, 0.29) is 30.0 Å². The SMILES string of the molecule is CC(C)C(=O)Nc1nc2c(ncn2[C@H]2CC(OC(=O)NCC(=O)NCC(=O)O)[C@@H](COC(=O)CCC(=O)NCC(=O)O)O2)c(=O)[nH]1. The second kappa shape index (κ2) is 15.9. The maximum Gasteiger partial charge on any atom is 0.407 e. The van der Waals surface area contributed by atoms with Gasteiger partial charge in [0.1, 0.15) is 44.7 Å². The Kier molecular flexibility index (Phi) is 12.1. The molecule has 46 heavy (non-hydrogen) atoms. The van der Waals surface area contributed by atoms with E-state index in [0.717, 1.165) is 0 Å². The molecule has 1 fully saturated rings. The fraction of sp³-hybridized carbons (Fsp3) is 0.520. The molecule has 1 aliphatic heterocycles. The fourth-order valence-electron chi connectivity index (χ4n) is 3.90. The number of carboxylic acids is 2. The van der Waals surface area contributed by atoms with E-state index in [2.05, 4.69) is 36.2 Å². The van der Waals surface area contributed by atoms with Gasteiger partial charge in [-0.3, -0.25) is 48.4 Å². The molecule has 0 aromatic carbocycles. The van der Waals surface area contributed by atoms with Crippen LogP contribution < -0.4 is 26.8 Å². The number of hydrogen-bond acceptors (Lipinski definition) is 13. The minimum absolute atomic E-state index is 0.0103. The molecular weight excluding hydrogens is 620 g/mol. The summed E-state index contributed by atoms with van der Waals surface area (Å²) in [6.45, 7) is 0.907. The molecule has 0 saturated carbocycles. The zero-order chi connectivity index (χ0) is 34.0. The predicted octanol–water partition coefficient (Wildman–Crippen LogP) is -2.18. The third-order valence-electron chi connectivity index (χ3n) is 6.18. The van der Waals surface area contributed by atoms with Gasteiger partial charge in [0.05, 0.1) is 12.7 Å². The van der Waals surface area contributed by atoms with Crippen LogP contribution in [0.25, 0.3) is 11.2 Å². The second-order valence-electron chi connectivity index (χ2n) is 10.1. The van der Waals surface area contributed by atoms with Crippen LogP contribution in [0.1, 0.15) is 39.3 Å². The summed E-state index contributed by atoms with van der Waals surface area (Å²) in [5.41, 5.74) is -0.743.